The molecular weight excluding hydrogens is 1010 g/mol. The van der Waals surface area contributed by atoms with Crippen LogP contribution in [0.4, 0.5) is 0 Å². The van der Waals surface area contributed by atoms with Crippen molar-refractivity contribution in [3.63, 3.8) is 0 Å². The van der Waals surface area contributed by atoms with Gasteiger partial charge in [-0.3, -0.25) is 18.6 Å². The summed E-state index contributed by atoms with van der Waals surface area (Å²) in [6.45, 7) is 6.76. The lowest BCUT2D eigenvalue weighted by Crippen LogP contribution is -2.47. The van der Waals surface area contributed by atoms with Crippen LogP contribution in [-0.2, 0) is 27.9 Å². The van der Waals surface area contributed by atoms with Gasteiger partial charge < -0.3 is 19.4 Å². The van der Waals surface area contributed by atoms with E-state index in [2.05, 4.69) is 135 Å². The van der Waals surface area contributed by atoms with Crippen LogP contribution in [0.2, 0.25) is 0 Å². The molecule has 3 atom stereocenters. The number of rotatable bonds is 57. The maximum atomic E-state index is 13.5. The summed E-state index contributed by atoms with van der Waals surface area (Å²) < 4.78 is 30.7. The highest BCUT2D eigenvalue weighted by Gasteiger charge is 2.30. The zero-order valence-corrected chi connectivity index (χ0v) is 53.2. The first kappa shape index (κ1) is 76.4. The molecule has 0 spiro atoms. The van der Waals surface area contributed by atoms with E-state index < -0.39 is 20.0 Å². The van der Waals surface area contributed by atoms with Crippen LogP contribution >= 0.6 is 7.82 Å². The van der Waals surface area contributed by atoms with Crippen molar-refractivity contribution in [2.75, 3.05) is 40.9 Å². The highest BCUT2D eigenvalue weighted by molar-refractivity contribution is 7.47. The normalized spacial score (nSPS) is 14.4. The molecule has 1 amide bonds. The average Bonchev–Trinajstić information content (AvgIpc) is 3.43. The highest BCUT2D eigenvalue weighted by atomic mass is 31.2. The SMILES string of the molecule is CC/C=C\C/C=C\C/C=C\C/C=C\C/C=C\C/C=C\CCCCCCCCCCC(=O)OC(/C=C\CCCCCCCCCCC)C(COP(=O)(O)OCC[N+](C)(C)C)NC(=O)CCCCCCCC/C=C/C/C=C/C/C=C/CC. The van der Waals surface area contributed by atoms with Gasteiger partial charge in [0.25, 0.3) is 0 Å². The van der Waals surface area contributed by atoms with E-state index in [-0.39, 0.29) is 31.5 Å². The van der Waals surface area contributed by atoms with Gasteiger partial charge in [-0.15, -0.1) is 0 Å². The van der Waals surface area contributed by atoms with Crippen molar-refractivity contribution < 1.29 is 37.3 Å². The van der Waals surface area contributed by atoms with Gasteiger partial charge in [-0.1, -0.05) is 252 Å². The van der Waals surface area contributed by atoms with Crippen molar-refractivity contribution in [2.45, 2.75) is 270 Å². The number of carbonyl (C=O) groups is 2. The lowest BCUT2D eigenvalue weighted by Gasteiger charge is -2.27. The van der Waals surface area contributed by atoms with Gasteiger partial charge in [0.15, 0.2) is 0 Å². The van der Waals surface area contributed by atoms with Crippen molar-refractivity contribution in [3.8, 4) is 0 Å². The number of nitrogens with one attached hydrogen (secondary N) is 1. The van der Waals surface area contributed by atoms with Gasteiger partial charge in [-0.2, -0.15) is 0 Å². The van der Waals surface area contributed by atoms with E-state index in [9.17, 15) is 19.0 Å². The average molecular weight is 1130 g/mol. The molecule has 0 aromatic heterocycles. The fraction of sp³-hybridized carbons (Fsp3) is 0.686. The molecule has 0 bridgehead atoms. The van der Waals surface area contributed by atoms with E-state index in [1.54, 1.807) is 0 Å². The van der Waals surface area contributed by atoms with Crippen LogP contribution in [0.3, 0.4) is 0 Å². The molecule has 0 radical (unpaired) electrons. The predicted molar refractivity (Wildman–Crippen MR) is 346 cm³/mol. The number of amides is 1. The van der Waals surface area contributed by atoms with Gasteiger partial charge >= 0.3 is 13.8 Å². The molecule has 0 saturated heterocycles. The molecule has 0 aromatic carbocycles. The van der Waals surface area contributed by atoms with Crippen LogP contribution in [-0.4, -0.2) is 74.3 Å². The summed E-state index contributed by atoms with van der Waals surface area (Å²) in [7, 11) is 1.47. The molecule has 3 unspecified atom stereocenters. The number of nitrogens with zero attached hydrogens (tertiary/aromatic N) is 1. The second-order valence-electron chi connectivity index (χ2n) is 22.5. The van der Waals surface area contributed by atoms with Gasteiger partial charge in [0.05, 0.1) is 33.8 Å². The van der Waals surface area contributed by atoms with E-state index in [1.165, 1.54) is 70.6 Å². The molecule has 0 saturated carbocycles. The summed E-state index contributed by atoms with van der Waals surface area (Å²) in [6.07, 6.45) is 82.0. The largest absolute Gasteiger partial charge is 0.472 e. The fourth-order valence-electron chi connectivity index (χ4n) is 8.72. The van der Waals surface area contributed by atoms with Crippen LogP contribution < -0.4 is 5.32 Å². The summed E-state index contributed by atoms with van der Waals surface area (Å²) in [5.74, 6) is -0.537. The maximum absolute atomic E-state index is 13.5. The number of quaternary nitrogens is 1. The van der Waals surface area contributed by atoms with E-state index >= 15 is 0 Å². The number of unbranched alkanes of at least 4 members (excludes halogenated alkanes) is 23. The Labute approximate surface area is 493 Å². The summed E-state index contributed by atoms with van der Waals surface area (Å²) in [4.78, 5) is 37.7. The van der Waals surface area contributed by atoms with Crippen LogP contribution in [0.25, 0.3) is 0 Å². The van der Waals surface area contributed by atoms with E-state index in [0.29, 0.717) is 17.4 Å². The van der Waals surface area contributed by atoms with Crippen LogP contribution in [0.1, 0.15) is 258 Å². The minimum Gasteiger partial charge on any atom is -0.456 e. The van der Waals surface area contributed by atoms with Crippen LogP contribution in [0.5, 0.6) is 0 Å². The fourth-order valence-corrected chi connectivity index (χ4v) is 9.46. The van der Waals surface area contributed by atoms with Gasteiger partial charge in [0, 0.05) is 12.8 Å². The van der Waals surface area contributed by atoms with Crippen LogP contribution in [0, 0.1) is 0 Å². The highest BCUT2D eigenvalue weighted by Crippen LogP contribution is 2.43. The number of phosphoric ester groups is 1. The first-order chi connectivity index (χ1) is 38.9. The minimum atomic E-state index is -4.46. The van der Waals surface area contributed by atoms with Crippen molar-refractivity contribution in [1.82, 2.24) is 5.32 Å². The molecule has 10 heteroatoms. The Balaban J connectivity index is 5.13. The Kier molecular flexibility index (Phi) is 56.0. The zero-order valence-electron chi connectivity index (χ0n) is 52.3. The minimum absolute atomic E-state index is 0.0299. The molecule has 9 nitrogen and oxygen atoms in total. The second-order valence-corrected chi connectivity index (χ2v) is 24.0. The predicted octanol–water partition coefficient (Wildman–Crippen LogP) is 20.3. The Hall–Kier alpha value is -3.59. The maximum Gasteiger partial charge on any atom is 0.472 e. The molecule has 2 N–H and O–H groups in total. The van der Waals surface area contributed by atoms with E-state index in [1.807, 2.05) is 33.3 Å². The number of carbonyl (C=O) groups excluding carboxylic acids is 2. The quantitative estimate of drug-likeness (QED) is 0.0205. The topological polar surface area (TPSA) is 111 Å². The number of hydrogen-bond donors (Lipinski definition) is 2. The van der Waals surface area contributed by atoms with Crippen molar-refractivity contribution in [3.05, 3.63) is 122 Å². The molecule has 80 heavy (non-hydrogen) atoms. The summed E-state index contributed by atoms with van der Waals surface area (Å²) in [5.41, 5.74) is 0. The van der Waals surface area contributed by atoms with Gasteiger partial charge in [0.1, 0.15) is 19.3 Å². The lowest BCUT2D eigenvalue weighted by atomic mass is 10.1. The van der Waals surface area contributed by atoms with E-state index in [0.717, 1.165) is 154 Å². The molecule has 458 valence electrons. The Morgan fingerprint density at radius 2 is 0.800 bits per heavy atom. The smallest absolute Gasteiger partial charge is 0.456 e. The number of hydrogen-bond acceptors (Lipinski definition) is 6. The molecule has 0 aliphatic rings. The first-order valence-corrected chi connectivity index (χ1v) is 33.9. The monoisotopic (exact) mass is 1130 g/mol. The third-order valence-electron chi connectivity index (χ3n) is 13.6. The Morgan fingerprint density at radius 3 is 1.20 bits per heavy atom. The number of allylic oxidation sites excluding steroid dienone is 19. The summed E-state index contributed by atoms with van der Waals surface area (Å²) >= 11 is 0. The lowest BCUT2D eigenvalue weighted by molar-refractivity contribution is -0.870. The summed E-state index contributed by atoms with van der Waals surface area (Å²) in [6, 6.07) is -0.867. The van der Waals surface area contributed by atoms with Crippen molar-refractivity contribution >= 4 is 19.7 Å². The molecule has 0 heterocycles. The number of esters is 1. The van der Waals surface area contributed by atoms with Crippen LogP contribution in [0.15, 0.2) is 122 Å². The second kappa shape index (κ2) is 58.6. The van der Waals surface area contributed by atoms with Crippen molar-refractivity contribution in [2.24, 2.45) is 0 Å². The molecule has 0 aliphatic heterocycles. The Morgan fingerprint density at radius 1 is 0.450 bits per heavy atom. The number of likely N-dealkylation sites (N-methyl/N-ethyl adjacent to an activating group) is 1. The molecule has 0 aromatic rings. The first-order valence-electron chi connectivity index (χ1n) is 32.4. The number of ether oxygens (including phenoxy) is 1. The van der Waals surface area contributed by atoms with Gasteiger partial charge in [0.2, 0.25) is 5.91 Å². The molecule has 0 aliphatic carbocycles. The Bertz CT molecular complexity index is 1780. The zero-order chi connectivity index (χ0) is 58.6. The molecule has 0 fully saturated rings. The molecular formula is C70H122N2O7P+. The summed E-state index contributed by atoms with van der Waals surface area (Å²) in [5, 5.41) is 3.04. The number of phosphoric acid groups is 1. The van der Waals surface area contributed by atoms with Gasteiger partial charge in [-0.25, -0.2) is 4.57 Å². The molecule has 0 rings (SSSR count). The van der Waals surface area contributed by atoms with Crippen molar-refractivity contribution in [1.29, 1.82) is 0 Å². The third-order valence-corrected chi connectivity index (χ3v) is 14.6. The third kappa shape index (κ3) is 59.0. The van der Waals surface area contributed by atoms with E-state index in [4.69, 9.17) is 13.8 Å². The van der Waals surface area contributed by atoms with Gasteiger partial charge in [-0.05, 0) is 115 Å². The standard InChI is InChI=1S/C70H121N2O7P/c1-7-10-13-16-19-22-25-27-29-31-32-33-34-35-36-37-38-39-40-41-43-45-48-51-54-57-60-63-70(74)79-68(61-58-55-52-49-46-24-21-18-15-12-9-3)67(66-78-80(75,76)77-65-64-72(4,5)6)71-69(73)62-59-56-53-50-47-44-42-30-28-26-23-20-17-14-11-8-2/h10-11,13-14,19-20,22-23,27-30,32-33,35-36,38-39,58,61,67-68H,7-9,12,15-18,21,24-26,31,34,37,40-57,59-60,62-66H2,1-6H3,(H-,71,73,75,76)/p+1/b13-10-,14-11+,22-19-,23-20+,29-27-,30-28+,33-32-,36-35-,39-38-,61-58-.